The zero-order chi connectivity index (χ0) is 16.3. The van der Waals surface area contributed by atoms with Crippen molar-refractivity contribution >= 4 is 14.0 Å². The maximum atomic E-state index is 13.0. The van der Waals surface area contributed by atoms with Crippen LogP contribution in [0.1, 0.15) is 0 Å². The van der Waals surface area contributed by atoms with E-state index in [9.17, 15) is 30.7 Å². The topological polar surface area (TPSA) is 27.7 Å². The second-order valence-electron chi connectivity index (χ2n) is 3.65. The Kier molecular flexibility index (Phi) is 5.36. The number of alkyl halides is 7. The highest BCUT2D eigenvalue weighted by Crippen LogP contribution is 2.30. The summed E-state index contributed by atoms with van der Waals surface area (Å²) in [7, 11) is -4.53. The van der Waals surface area contributed by atoms with Crippen LogP contribution < -0.4 is 5.19 Å². The van der Waals surface area contributed by atoms with Gasteiger partial charge in [0.05, 0.1) is 0 Å². The van der Waals surface area contributed by atoms with Crippen molar-refractivity contribution in [1.82, 2.24) is 0 Å². The van der Waals surface area contributed by atoms with Crippen molar-refractivity contribution in [1.29, 1.82) is 0 Å². The lowest BCUT2D eigenvalue weighted by atomic mass is 10.4. The van der Waals surface area contributed by atoms with Crippen molar-refractivity contribution in [2.24, 2.45) is 0 Å². The SMILES string of the molecule is CO[Si](OC(F)C(F)(F)F)(OC(F)(F)F)c1ccccc1. The summed E-state index contributed by atoms with van der Waals surface area (Å²) >= 11 is 0. The van der Waals surface area contributed by atoms with Crippen molar-refractivity contribution in [2.75, 3.05) is 7.11 Å². The predicted octanol–water partition coefficient (Wildman–Crippen LogP) is 2.89. The molecule has 2 unspecified atom stereocenters. The van der Waals surface area contributed by atoms with E-state index in [1.807, 2.05) is 0 Å². The van der Waals surface area contributed by atoms with E-state index in [1.54, 1.807) is 0 Å². The Bertz CT molecular complexity index is 450. The molecule has 0 bridgehead atoms. The molecule has 0 aliphatic carbocycles. The normalized spacial score (nSPS) is 17.3. The minimum atomic E-state index is -5.51. The lowest BCUT2D eigenvalue weighted by Crippen LogP contribution is -2.61. The summed E-state index contributed by atoms with van der Waals surface area (Å²) in [5.41, 5.74) is 0. The molecule has 21 heavy (non-hydrogen) atoms. The standard InChI is InChI=1S/C10H9F7O3Si/c1-18-21(20-10(15,16)17,7-5-3-2-4-6-7)19-8(11)9(12,13)14/h2-6,8H,1H3. The van der Waals surface area contributed by atoms with E-state index in [0.717, 1.165) is 12.1 Å². The van der Waals surface area contributed by atoms with Crippen LogP contribution in [0.15, 0.2) is 30.3 Å². The molecule has 0 aliphatic rings. The predicted molar refractivity (Wildman–Crippen MR) is 58.0 cm³/mol. The van der Waals surface area contributed by atoms with Gasteiger partial charge in [0.25, 0.3) is 6.36 Å². The van der Waals surface area contributed by atoms with Crippen LogP contribution >= 0.6 is 0 Å². The number of hydrogen-bond donors (Lipinski definition) is 0. The van der Waals surface area contributed by atoms with Crippen molar-refractivity contribution in [3.05, 3.63) is 30.3 Å². The van der Waals surface area contributed by atoms with E-state index in [-0.39, 0.29) is 0 Å². The van der Waals surface area contributed by atoms with E-state index in [0.29, 0.717) is 7.11 Å². The van der Waals surface area contributed by atoms with Crippen LogP contribution in [0.2, 0.25) is 0 Å². The van der Waals surface area contributed by atoms with Gasteiger partial charge in [0.1, 0.15) is 0 Å². The Morgan fingerprint density at radius 3 is 1.90 bits per heavy atom. The molecule has 3 nitrogen and oxygen atoms in total. The van der Waals surface area contributed by atoms with Gasteiger partial charge in [-0.2, -0.15) is 13.2 Å². The molecule has 0 aromatic heterocycles. The highest BCUT2D eigenvalue weighted by atomic mass is 28.4. The second kappa shape index (κ2) is 6.30. The van der Waals surface area contributed by atoms with Crippen molar-refractivity contribution in [2.45, 2.75) is 18.9 Å². The molecular formula is C10H9F7O3Si. The molecule has 0 spiro atoms. The van der Waals surface area contributed by atoms with Gasteiger partial charge in [-0.1, -0.05) is 30.3 Å². The largest absolute Gasteiger partial charge is 0.545 e. The molecule has 120 valence electrons. The van der Waals surface area contributed by atoms with E-state index >= 15 is 0 Å². The van der Waals surface area contributed by atoms with E-state index in [4.69, 9.17) is 0 Å². The first-order valence-corrected chi connectivity index (χ1v) is 6.99. The maximum absolute atomic E-state index is 13.0. The molecule has 0 fully saturated rings. The van der Waals surface area contributed by atoms with E-state index in [2.05, 4.69) is 13.3 Å². The van der Waals surface area contributed by atoms with Gasteiger partial charge >= 0.3 is 21.3 Å². The first kappa shape index (κ1) is 17.9. The number of rotatable bonds is 5. The molecular weight excluding hydrogens is 329 g/mol. The fourth-order valence-electron chi connectivity index (χ4n) is 1.36. The fourth-order valence-corrected chi connectivity index (χ4v) is 3.39. The monoisotopic (exact) mass is 338 g/mol. The van der Waals surface area contributed by atoms with Crippen LogP contribution in [0.5, 0.6) is 0 Å². The summed E-state index contributed by atoms with van der Waals surface area (Å²) in [6.07, 6.45) is -14.9. The zero-order valence-corrected chi connectivity index (χ0v) is 11.3. The Labute approximate surface area is 115 Å². The zero-order valence-electron chi connectivity index (χ0n) is 10.3. The Morgan fingerprint density at radius 1 is 1.00 bits per heavy atom. The van der Waals surface area contributed by atoms with Crippen LogP contribution in [-0.4, -0.2) is 34.8 Å². The average molecular weight is 338 g/mol. The van der Waals surface area contributed by atoms with Crippen molar-refractivity contribution in [3.63, 3.8) is 0 Å². The minimum Gasteiger partial charge on any atom is -0.373 e. The first-order chi connectivity index (χ1) is 9.50. The van der Waals surface area contributed by atoms with Crippen molar-refractivity contribution in [3.8, 4) is 0 Å². The number of hydrogen-bond acceptors (Lipinski definition) is 3. The Hall–Kier alpha value is -1.17. The third-order valence-electron chi connectivity index (χ3n) is 2.16. The van der Waals surface area contributed by atoms with Gasteiger partial charge in [-0.05, 0) is 0 Å². The lowest BCUT2D eigenvalue weighted by Gasteiger charge is -2.30. The molecule has 0 aliphatic heterocycles. The number of halogens is 7. The van der Waals surface area contributed by atoms with Crippen LogP contribution in [0, 0.1) is 0 Å². The quantitative estimate of drug-likeness (QED) is 0.610. The molecule has 0 radical (unpaired) electrons. The fraction of sp³-hybridized carbons (Fsp3) is 0.400. The second-order valence-corrected chi connectivity index (χ2v) is 6.19. The molecule has 1 aromatic rings. The van der Waals surface area contributed by atoms with Gasteiger partial charge in [-0.3, -0.25) is 4.43 Å². The summed E-state index contributed by atoms with van der Waals surface area (Å²) in [4.78, 5) is 0. The molecule has 11 heteroatoms. The summed E-state index contributed by atoms with van der Waals surface area (Å²) < 4.78 is 98.7. The highest BCUT2D eigenvalue weighted by Gasteiger charge is 2.57. The number of benzene rings is 1. The summed E-state index contributed by atoms with van der Waals surface area (Å²) in [5.74, 6) is 0. The van der Waals surface area contributed by atoms with Crippen LogP contribution in [0.3, 0.4) is 0 Å². The molecule has 1 rings (SSSR count). The molecule has 1 aromatic carbocycles. The van der Waals surface area contributed by atoms with Crippen LogP contribution in [0.4, 0.5) is 30.7 Å². The molecule has 2 atom stereocenters. The van der Waals surface area contributed by atoms with Gasteiger partial charge in [0.2, 0.25) is 0 Å². The first-order valence-electron chi connectivity index (χ1n) is 5.26. The Morgan fingerprint density at radius 2 is 1.52 bits per heavy atom. The summed E-state index contributed by atoms with van der Waals surface area (Å²) in [6, 6.07) is 5.82. The Balaban J connectivity index is 3.21. The van der Waals surface area contributed by atoms with Gasteiger partial charge in [-0.25, -0.2) is 4.39 Å². The maximum Gasteiger partial charge on any atom is 0.545 e. The average Bonchev–Trinajstić information content (AvgIpc) is 2.36. The molecule has 0 saturated carbocycles. The third kappa shape index (κ3) is 4.95. The molecule has 0 amide bonds. The van der Waals surface area contributed by atoms with Gasteiger partial charge in [-0.15, -0.1) is 13.2 Å². The van der Waals surface area contributed by atoms with Crippen molar-refractivity contribution < 1.29 is 44.0 Å². The molecule has 0 N–H and O–H groups in total. The van der Waals surface area contributed by atoms with E-state index in [1.165, 1.54) is 18.2 Å². The van der Waals surface area contributed by atoms with Gasteiger partial charge < -0.3 is 8.85 Å². The van der Waals surface area contributed by atoms with Crippen LogP contribution in [-0.2, 0) is 13.3 Å². The van der Waals surface area contributed by atoms with Gasteiger partial charge in [0, 0.05) is 12.3 Å². The van der Waals surface area contributed by atoms with Crippen LogP contribution in [0.25, 0.3) is 0 Å². The van der Waals surface area contributed by atoms with E-state index < -0.39 is 32.9 Å². The summed E-state index contributed by atoms with van der Waals surface area (Å²) in [5, 5.41) is -0.461. The van der Waals surface area contributed by atoms with Gasteiger partial charge in [0.15, 0.2) is 0 Å². The highest BCUT2D eigenvalue weighted by molar-refractivity contribution is 6.75. The minimum absolute atomic E-state index is 0.461. The smallest absolute Gasteiger partial charge is 0.373 e. The molecule has 0 heterocycles. The lowest BCUT2D eigenvalue weighted by molar-refractivity contribution is -0.308. The summed E-state index contributed by atoms with van der Waals surface area (Å²) in [6.45, 7) is 0. The molecule has 0 saturated heterocycles. The third-order valence-corrected chi connectivity index (χ3v) is 4.76.